The number of ether oxygens (including phenoxy) is 1. The summed E-state index contributed by atoms with van der Waals surface area (Å²) in [4.78, 5) is 23.0. The minimum absolute atomic E-state index is 0.247. The Bertz CT molecular complexity index is 730. The number of anilines is 1. The van der Waals surface area contributed by atoms with Crippen LogP contribution < -0.4 is 10.7 Å². The van der Waals surface area contributed by atoms with E-state index in [1.54, 1.807) is 48.5 Å². The Morgan fingerprint density at radius 3 is 2.61 bits per heavy atom. The lowest BCUT2D eigenvalue weighted by molar-refractivity contribution is 0.102. The number of benzene rings is 2. The van der Waals surface area contributed by atoms with E-state index in [-0.39, 0.29) is 5.91 Å². The highest BCUT2D eigenvalue weighted by Gasteiger charge is 2.06. The molecule has 0 fully saturated rings. The lowest BCUT2D eigenvalue weighted by Gasteiger charge is -2.06. The molecule has 2 rings (SSSR count). The van der Waals surface area contributed by atoms with Crippen LogP contribution in [0.1, 0.15) is 15.9 Å². The topological polar surface area (TPSA) is 79.8 Å². The van der Waals surface area contributed by atoms with E-state index in [1.165, 1.54) is 13.3 Å². The monoisotopic (exact) mass is 331 g/mol. The summed E-state index contributed by atoms with van der Waals surface area (Å²) < 4.78 is 4.39. The fraction of sp³-hybridized carbons (Fsp3) is 0.0625. The fourth-order valence-corrected chi connectivity index (χ4v) is 1.83. The predicted octanol–water partition coefficient (Wildman–Crippen LogP) is 3.28. The number of rotatable bonds is 4. The molecule has 0 radical (unpaired) electrons. The predicted molar refractivity (Wildman–Crippen MR) is 89.0 cm³/mol. The number of hydrazone groups is 1. The molecular weight excluding hydrogens is 318 g/mol. The van der Waals surface area contributed by atoms with E-state index in [9.17, 15) is 9.59 Å². The minimum Gasteiger partial charge on any atom is -0.452 e. The van der Waals surface area contributed by atoms with Gasteiger partial charge in [0.1, 0.15) is 0 Å². The van der Waals surface area contributed by atoms with Crippen molar-refractivity contribution in [1.29, 1.82) is 0 Å². The van der Waals surface area contributed by atoms with Crippen molar-refractivity contribution in [3.8, 4) is 0 Å². The Kier molecular flexibility index (Phi) is 5.71. The van der Waals surface area contributed by atoms with Crippen LogP contribution in [0.4, 0.5) is 10.5 Å². The van der Waals surface area contributed by atoms with Crippen LogP contribution in [0.2, 0.25) is 5.02 Å². The molecule has 0 aliphatic carbocycles. The molecule has 7 heteroatoms. The molecule has 0 heterocycles. The minimum atomic E-state index is -0.659. The third kappa shape index (κ3) is 5.12. The number of nitrogens with zero attached hydrogens (tertiary/aromatic N) is 1. The fourth-order valence-electron chi connectivity index (χ4n) is 1.71. The van der Waals surface area contributed by atoms with Gasteiger partial charge in [-0.2, -0.15) is 5.10 Å². The molecule has 0 aliphatic rings. The second-order valence-electron chi connectivity index (χ2n) is 4.45. The summed E-state index contributed by atoms with van der Waals surface area (Å²) in [6.07, 6.45) is 0.781. The van der Waals surface area contributed by atoms with E-state index < -0.39 is 6.09 Å². The van der Waals surface area contributed by atoms with Crippen molar-refractivity contribution in [2.75, 3.05) is 12.4 Å². The first kappa shape index (κ1) is 16.5. The summed E-state index contributed by atoms with van der Waals surface area (Å²) in [5, 5.41) is 7.06. The molecule has 118 valence electrons. The van der Waals surface area contributed by atoms with Gasteiger partial charge in [0.25, 0.3) is 5.91 Å². The number of hydrogen-bond donors (Lipinski definition) is 2. The van der Waals surface area contributed by atoms with Crippen LogP contribution in [0.5, 0.6) is 0 Å². The quantitative estimate of drug-likeness (QED) is 0.666. The third-order valence-corrected chi connectivity index (χ3v) is 3.06. The van der Waals surface area contributed by atoms with Gasteiger partial charge in [-0.3, -0.25) is 4.79 Å². The Balaban J connectivity index is 2.03. The Labute approximate surface area is 138 Å². The summed E-state index contributed by atoms with van der Waals surface area (Å²) in [6, 6.07) is 13.6. The van der Waals surface area contributed by atoms with Crippen molar-refractivity contribution >= 4 is 35.5 Å². The summed E-state index contributed by atoms with van der Waals surface area (Å²) in [5.74, 6) is -0.247. The molecule has 2 aromatic rings. The van der Waals surface area contributed by atoms with Crippen LogP contribution >= 0.6 is 11.6 Å². The summed E-state index contributed by atoms with van der Waals surface area (Å²) >= 11 is 5.79. The van der Waals surface area contributed by atoms with Gasteiger partial charge >= 0.3 is 6.09 Å². The van der Waals surface area contributed by atoms with Crippen LogP contribution in [-0.4, -0.2) is 25.3 Å². The van der Waals surface area contributed by atoms with Crippen LogP contribution in [0.15, 0.2) is 53.6 Å². The van der Waals surface area contributed by atoms with Gasteiger partial charge in [-0.1, -0.05) is 23.7 Å². The molecule has 2 N–H and O–H groups in total. The van der Waals surface area contributed by atoms with Gasteiger partial charge in [-0.15, -0.1) is 0 Å². The highest BCUT2D eigenvalue weighted by Crippen LogP contribution is 2.13. The van der Waals surface area contributed by atoms with Crippen molar-refractivity contribution in [2.24, 2.45) is 5.10 Å². The molecule has 0 unspecified atom stereocenters. The van der Waals surface area contributed by atoms with E-state index >= 15 is 0 Å². The van der Waals surface area contributed by atoms with E-state index in [2.05, 4.69) is 20.6 Å². The molecule has 2 amide bonds. The van der Waals surface area contributed by atoms with E-state index in [4.69, 9.17) is 11.6 Å². The van der Waals surface area contributed by atoms with Crippen LogP contribution in [0.25, 0.3) is 0 Å². The van der Waals surface area contributed by atoms with Gasteiger partial charge in [0.15, 0.2) is 0 Å². The molecule has 0 saturated carbocycles. The van der Waals surface area contributed by atoms with E-state index in [1.807, 2.05) is 0 Å². The normalized spacial score (nSPS) is 10.3. The molecule has 2 aromatic carbocycles. The second kappa shape index (κ2) is 7.95. The van der Waals surface area contributed by atoms with Crippen molar-refractivity contribution in [2.45, 2.75) is 0 Å². The maximum atomic E-state index is 12.1. The van der Waals surface area contributed by atoms with Gasteiger partial charge in [0, 0.05) is 16.3 Å². The average Bonchev–Trinajstić information content (AvgIpc) is 2.55. The zero-order valence-corrected chi connectivity index (χ0v) is 13.0. The Morgan fingerprint density at radius 1 is 1.17 bits per heavy atom. The van der Waals surface area contributed by atoms with E-state index in [0.717, 1.165) is 0 Å². The lowest BCUT2D eigenvalue weighted by atomic mass is 10.2. The van der Waals surface area contributed by atoms with Crippen LogP contribution in [0, 0.1) is 0 Å². The number of carbonyl (C=O) groups is 2. The Hall–Kier alpha value is -2.86. The first-order valence-electron chi connectivity index (χ1n) is 6.62. The maximum Gasteiger partial charge on any atom is 0.427 e. The molecule has 23 heavy (non-hydrogen) atoms. The number of carbonyl (C=O) groups excluding carboxylic acids is 2. The third-order valence-electron chi connectivity index (χ3n) is 2.81. The van der Waals surface area contributed by atoms with Crippen LogP contribution in [-0.2, 0) is 4.74 Å². The Morgan fingerprint density at radius 2 is 1.91 bits per heavy atom. The van der Waals surface area contributed by atoms with Gasteiger partial charge in [-0.25, -0.2) is 10.2 Å². The molecule has 6 nitrogen and oxygen atoms in total. The average molecular weight is 332 g/mol. The second-order valence-corrected chi connectivity index (χ2v) is 4.88. The van der Waals surface area contributed by atoms with Crippen molar-refractivity contribution in [3.05, 3.63) is 64.7 Å². The van der Waals surface area contributed by atoms with Crippen LogP contribution in [0.3, 0.4) is 0 Å². The lowest BCUT2D eigenvalue weighted by Crippen LogP contribution is -2.16. The summed E-state index contributed by atoms with van der Waals surface area (Å²) in [7, 11) is 1.25. The standard InChI is InChI=1S/C16H14ClN3O3/c1-23-16(22)20-18-10-11-3-2-4-14(9-11)19-15(21)12-5-7-13(17)8-6-12/h2-10H,1H3,(H,19,21)(H,20,22)/b18-10+. The smallest absolute Gasteiger partial charge is 0.427 e. The molecule has 0 aliphatic heterocycles. The number of nitrogens with one attached hydrogen (secondary N) is 2. The summed E-state index contributed by atoms with van der Waals surface area (Å²) in [6.45, 7) is 0. The number of hydrogen-bond acceptors (Lipinski definition) is 4. The molecule has 0 atom stereocenters. The molecule has 0 saturated heterocycles. The largest absolute Gasteiger partial charge is 0.452 e. The van der Waals surface area contributed by atoms with Gasteiger partial charge < -0.3 is 10.1 Å². The maximum absolute atomic E-state index is 12.1. The number of halogens is 1. The van der Waals surface area contributed by atoms with Crippen molar-refractivity contribution in [1.82, 2.24) is 5.43 Å². The molecular formula is C16H14ClN3O3. The van der Waals surface area contributed by atoms with Crippen molar-refractivity contribution < 1.29 is 14.3 Å². The van der Waals surface area contributed by atoms with Gasteiger partial charge in [0.05, 0.1) is 13.3 Å². The highest BCUT2D eigenvalue weighted by molar-refractivity contribution is 6.30. The van der Waals surface area contributed by atoms with Gasteiger partial charge in [-0.05, 0) is 42.0 Å². The highest BCUT2D eigenvalue weighted by atomic mass is 35.5. The zero-order chi connectivity index (χ0) is 16.7. The SMILES string of the molecule is COC(=O)N/N=C/c1cccc(NC(=O)c2ccc(Cl)cc2)c1. The van der Waals surface area contributed by atoms with E-state index in [0.29, 0.717) is 21.8 Å². The molecule has 0 bridgehead atoms. The number of amides is 2. The molecule has 0 aromatic heterocycles. The first-order chi connectivity index (χ1) is 11.1. The summed E-state index contributed by atoms with van der Waals surface area (Å²) in [5.41, 5.74) is 3.99. The number of methoxy groups -OCH3 is 1. The zero-order valence-electron chi connectivity index (χ0n) is 12.2. The van der Waals surface area contributed by atoms with Gasteiger partial charge in [0.2, 0.25) is 0 Å². The first-order valence-corrected chi connectivity index (χ1v) is 7.00. The molecule has 0 spiro atoms. The van der Waals surface area contributed by atoms with Crippen molar-refractivity contribution in [3.63, 3.8) is 0 Å².